The minimum Gasteiger partial charge on any atom is -0.431 e. The summed E-state index contributed by atoms with van der Waals surface area (Å²) in [6.07, 6.45) is 1.45. The van der Waals surface area contributed by atoms with Crippen LogP contribution in [0.1, 0.15) is 10.4 Å². The first-order chi connectivity index (χ1) is 12.7. The molecule has 2 heterocycles. The number of fused-ring (bicyclic) bond motifs is 2. The third-order valence-corrected chi connectivity index (χ3v) is 4.77. The topological polar surface area (TPSA) is 88.0 Å². The van der Waals surface area contributed by atoms with Gasteiger partial charge in [0, 0.05) is 29.3 Å². The van der Waals surface area contributed by atoms with Crippen molar-refractivity contribution in [1.29, 1.82) is 0 Å². The zero-order valence-electron chi connectivity index (χ0n) is 13.7. The Kier molecular flexibility index (Phi) is 4.45. The maximum Gasteiger partial charge on any atom is 0.256 e. The maximum atomic E-state index is 12.4. The van der Waals surface area contributed by atoms with Crippen LogP contribution in [0.4, 0.5) is 0 Å². The SMILES string of the molecule is O=C(NCCSc1nc2ccccc2o1)c1c[nH]c(=O)c2ccccc12. The summed E-state index contributed by atoms with van der Waals surface area (Å²) >= 11 is 1.44. The van der Waals surface area contributed by atoms with Crippen molar-refractivity contribution in [2.24, 2.45) is 0 Å². The Labute approximate surface area is 152 Å². The predicted molar refractivity (Wildman–Crippen MR) is 102 cm³/mol. The largest absolute Gasteiger partial charge is 0.431 e. The average molecular weight is 365 g/mol. The van der Waals surface area contributed by atoms with E-state index in [-0.39, 0.29) is 11.5 Å². The van der Waals surface area contributed by atoms with Gasteiger partial charge in [-0.25, -0.2) is 4.98 Å². The van der Waals surface area contributed by atoms with E-state index in [0.29, 0.717) is 33.9 Å². The monoisotopic (exact) mass is 365 g/mol. The first-order valence-corrected chi connectivity index (χ1v) is 9.08. The van der Waals surface area contributed by atoms with E-state index in [2.05, 4.69) is 15.3 Å². The molecule has 0 bridgehead atoms. The van der Waals surface area contributed by atoms with Crippen LogP contribution in [0, 0.1) is 0 Å². The summed E-state index contributed by atoms with van der Waals surface area (Å²) in [6.45, 7) is 0.454. The molecule has 0 fully saturated rings. The van der Waals surface area contributed by atoms with E-state index in [1.807, 2.05) is 30.3 Å². The van der Waals surface area contributed by atoms with E-state index in [4.69, 9.17) is 4.42 Å². The molecule has 0 aliphatic heterocycles. The fraction of sp³-hybridized carbons (Fsp3) is 0.105. The second-order valence-corrected chi connectivity index (χ2v) is 6.68. The van der Waals surface area contributed by atoms with Gasteiger partial charge in [-0.3, -0.25) is 9.59 Å². The van der Waals surface area contributed by atoms with Crippen molar-refractivity contribution < 1.29 is 9.21 Å². The lowest BCUT2D eigenvalue weighted by atomic mass is 10.1. The maximum absolute atomic E-state index is 12.4. The molecule has 0 unspecified atom stereocenters. The van der Waals surface area contributed by atoms with E-state index in [0.717, 1.165) is 11.1 Å². The molecular weight excluding hydrogens is 350 g/mol. The summed E-state index contributed by atoms with van der Waals surface area (Å²) in [5.74, 6) is 0.399. The number of oxazole rings is 1. The summed E-state index contributed by atoms with van der Waals surface area (Å²) in [7, 11) is 0. The van der Waals surface area contributed by atoms with Gasteiger partial charge in [-0.1, -0.05) is 42.1 Å². The highest BCUT2D eigenvalue weighted by molar-refractivity contribution is 7.99. The van der Waals surface area contributed by atoms with Crippen LogP contribution in [0.5, 0.6) is 0 Å². The normalized spacial score (nSPS) is 11.1. The molecule has 0 saturated carbocycles. The molecule has 0 saturated heterocycles. The standard InChI is InChI=1S/C19H15N3O3S/c23-17-13-6-2-1-5-12(13)14(11-21-17)18(24)20-9-10-26-19-22-15-7-3-4-8-16(15)25-19/h1-8,11H,9-10H2,(H,20,24)(H,21,23). The molecule has 130 valence electrons. The third-order valence-electron chi connectivity index (χ3n) is 3.94. The van der Waals surface area contributed by atoms with Crippen molar-refractivity contribution in [3.8, 4) is 0 Å². The van der Waals surface area contributed by atoms with Gasteiger partial charge >= 0.3 is 0 Å². The number of carbonyl (C=O) groups excluding carboxylic acids is 1. The number of amides is 1. The quantitative estimate of drug-likeness (QED) is 0.419. The Morgan fingerprint density at radius 1 is 1.12 bits per heavy atom. The molecule has 4 rings (SSSR count). The molecule has 0 atom stereocenters. The highest BCUT2D eigenvalue weighted by Gasteiger charge is 2.12. The number of carbonyl (C=O) groups is 1. The summed E-state index contributed by atoms with van der Waals surface area (Å²) in [5.41, 5.74) is 1.81. The number of aromatic amines is 1. The first kappa shape index (κ1) is 16.4. The van der Waals surface area contributed by atoms with Crippen LogP contribution in [-0.4, -0.2) is 28.2 Å². The van der Waals surface area contributed by atoms with Crippen molar-refractivity contribution in [1.82, 2.24) is 15.3 Å². The van der Waals surface area contributed by atoms with Gasteiger partial charge in [-0.05, 0) is 18.2 Å². The van der Waals surface area contributed by atoms with E-state index in [9.17, 15) is 9.59 Å². The Morgan fingerprint density at radius 2 is 1.88 bits per heavy atom. The number of thioether (sulfide) groups is 1. The Hall–Kier alpha value is -3.06. The van der Waals surface area contributed by atoms with Gasteiger partial charge in [0.25, 0.3) is 16.7 Å². The number of hydrogen-bond donors (Lipinski definition) is 2. The van der Waals surface area contributed by atoms with Crippen LogP contribution < -0.4 is 10.9 Å². The van der Waals surface area contributed by atoms with E-state index in [1.54, 1.807) is 18.2 Å². The van der Waals surface area contributed by atoms with Crippen molar-refractivity contribution in [2.75, 3.05) is 12.3 Å². The highest BCUT2D eigenvalue weighted by atomic mass is 32.2. The van der Waals surface area contributed by atoms with Crippen LogP contribution in [0.15, 0.2) is 69.2 Å². The molecule has 0 aliphatic carbocycles. The van der Waals surface area contributed by atoms with E-state index >= 15 is 0 Å². The minimum atomic E-state index is -0.226. The smallest absolute Gasteiger partial charge is 0.256 e. The summed E-state index contributed by atoms with van der Waals surface area (Å²) in [6, 6.07) is 14.6. The second kappa shape index (κ2) is 7.05. The van der Waals surface area contributed by atoms with Crippen LogP contribution in [0.2, 0.25) is 0 Å². The lowest BCUT2D eigenvalue weighted by Crippen LogP contribution is -2.27. The number of nitrogens with zero attached hydrogens (tertiary/aromatic N) is 1. The zero-order valence-corrected chi connectivity index (χ0v) is 14.5. The number of nitrogens with one attached hydrogen (secondary N) is 2. The van der Waals surface area contributed by atoms with E-state index in [1.165, 1.54) is 18.0 Å². The van der Waals surface area contributed by atoms with Gasteiger partial charge in [-0.15, -0.1) is 0 Å². The molecule has 1 amide bonds. The number of rotatable bonds is 5. The predicted octanol–water partition coefficient (Wildman–Crippen LogP) is 3.19. The van der Waals surface area contributed by atoms with Gasteiger partial charge in [0.2, 0.25) is 0 Å². The number of aromatic nitrogens is 2. The van der Waals surface area contributed by atoms with Gasteiger partial charge in [-0.2, -0.15) is 0 Å². The number of para-hydroxylation sites is 2. The van der Waals surface area contributed by atoms with Gasteiger partial charge < -0.3 is 14.7 Å². The molecule has 6 nitrogen and oxygen atoms in total. The second-order valence-electron chi connectivity index (χ2n) is 5.63. The van der Waals surface area contributed by atoms with Gasteiger partial charge in [0.15, 0.2) is 5.58 Å². The Morgan fingerprint density at radius 3 is 2.73 bits per heavy atom. The molecular formula is C19H15N3O3S. The molecule has 2 aromatic carbocycles. The average Bonchev–Trinajstić information content (AvgIpc) is 3.08. The summed E-state index contributed by atoms with van der Waals surface area (Å²) in [4.78, 5) is 31.3. The Balaban J connectivity index is 1.40. The number of H-pyrrole nitrogens is 1. The Bertz CT molecular complexity index is 1120. The first-order valence-electron chi connectivity index (χ1n) is 8.09. The summed E-state index contributed by atoms with van der Waals surface area (Å²) < 4.78 is 5.63. The minimum absolute atomic E-state index is 0.205. The van der Waals surface area contributed by atoms with Crippen molar-refractivity contribution in [2.45, 2.75) is 5.22 Å². The van der Waals surface area contributed by atoms with E-state index < -0.39 is 0 Å². The van der Waals surface area contributed by atoms with Crippen molar-refractivity contribution in [3.63, 3.8) is 0 Å². The number of hydrogen-bond acceptors (Lipinski definition) is 5. The van der Waals surface area contributed by atoms with Crippen LogP contribution in [0.25, 0.3) is 21.9 Å². The van der Waals surface area contributed by atoms with Crippen LogP contribution >= 0.6 is 11.8 Å². The third kappa shape index (κ3) is 3.21. The van der Waals surface area contributed by atoms with Gasteiger partial charge in [0.05, 0.1) is 5.56 Å². The zero-order chi connectivity index (χ0) is 17.9. The molecule has 7 heteroatoms. The lowest BCUT2D eigenvalue weighted by molar-refractivity contribution is 0.0957. The highest BCUT2D eigenvalue weighted by Crippen LogP contribution is 2.22. The molecule has 0 aliphatic rings. The van der Waals surface area contributed by atoms with Crippen molar-refractivity contribution >= 4 is 39.5 Å². The van der Waals surface area contributed by atoms with Crippen LogP contribution in [-0.2, 0) is 0 Å². The lowest BCUT2D eigenvalue weighted by Gasteiger charge is -2.07. The molecule has 2 N–H and O–H groups in total. The molecule has 26 heavy (non-hydrogen) atoms. The number of pyridine rings is 1. The van der Waals surface area contributed by atoms with Crippen molar-refractivity contribution in [3.05, 3.63) is 70.6 Å². The fourth-order valence-electron chi connectivity index (χ4n) is 2.71. The molecule has 0 radical (unpaired) electrons. The fourth-order valence-corrected chi connectivity index (χ4v) is 3.40. The summed E-state index contributed by atoms with van der Waals surface area (Å²) in [5, 5.41) is 4.58. The number of benzene rings is 2. The molecule has 0 spiro atoms. The van der Waals surface area contributed by atoms with Crippen LogP contribution in [0.3, 0.4) is 0 Å². The van der Waals surface area contributed by atoms with Gasteiger partial charge in [0.1, 0.15) is 5.52 Å². The molecule has 4 aromatic rings. The molecule has 2 aromatic heterocycles.